The van der Waals surface area contributed by atoms with Crippen LogP contribution in [-0.2, 0) is 0 Å². The molecule has 0 aromatic heterocycles. The minimum Gasteiger partial charge on any atom is -0.392 e. The normalized spacial score (nSPS) is 28.8. The highest BCUT2D eigenvalue weighted by Gasteiger charge is 2.30. The molecule has 0 aromatic rings. The third-order valence-electron chi connectivity index (χ3n) is 2.82. The molecule has 0 amide bonds. The van der Waals surface area contributed by atoms with Crippen molar-refractivity contribution in [3.8, 4) is 0 Å². The van der Waals surface area contributed by atoms with Gasteiger partial charge in [0.1, 0.15) is 0 Å². The third-order valence-corrected chi connectivity index (χ3v) is 2.82. The Hall–Kier alpha value is -0.120. The molecule has 2 rings (SSSR count). The van der Waals surface area contributed by atoms with Crippen LogP contribution in [0.4, 0.5) is 0 Å². The zero-order chi connectivity index (χ0) is 8.39. The molecule has 1 saturated heterocycles. The Morgan fingerprint density at radius 1 is 1.33 bits per heavy atom. The third kappa shape index (κ3) is 2.19. The number of β-amino-alcohol motifs (C(OH)–C–C–N with tert-alkyl or cyclic N) is 1. The van der Waals surface area contributed by atoms with E-state index in [2.05, 4.69) is 10.2 Å². The minimum absolute atomic E-state index is 0.0527. The predicted octanol–water partition coefficient (Wildman–Crippen LogP) is -0.337. The van der Waals surface area contributed by atoms with Crippen molar-refractivity contribution in [1.82, 2.24) is 10.2 Å². The lowest BCUT2D eigenvalue weighted by Crippen LogP contribution is -2.46. The first-order chi connectivity index (χ1) is 5.86. The summed E-state index contributed by atoms with van der Waals surface area (Å²) in [5.74, 6) is 0.625. The topological polar surface area (TPSA) is 35.5 Å². The molecule has 2 N–H and O–H groups in total. The van der Waals surface area contributed by atoms with E-state index in [1.54, 1.807) is 0 Å². The molecule has 2 aliphatic rings. The zero-order valence-electron chi connectivity index (χ0n) is 7.50. The van der Waals surface area contributed by atoms with Crippen LogP contribution in [0.3, 0.4) is 0 Å². The monoisotopic (exact) mass is 170 g/mol. The lowest BCUT2D eigenvalue weighted by molar-refractivity contribution is 0.0890. The molecule has 0 bridgehead atoms. The fourth-order valence-corrected chi connectivity index (χ4v) is 1.79. The van der Waals surface area contributed by atoms with Gasteiger partial charge < -0.3 is 10.4 Å². The molecule has 0 spiro atoms. The van der Waals surface area contributed by atoms with E-state index in [0.29, 0.717) is 5.92 Å². The van der Waals surface area contributed by atoms with Gasteiger partial charge in [-0.15, -0.1) is 0 Å². The number of nitrogens with zero attached hydrogens (tertiary/aromatic N) is 1. The summed E-state index contributed by atoms with van der Waals surface area (Å²) in [5, 5.41) is 13.0. The first-order valence-electron chi connectivity index (χ1n) is 4.97. The number of aliphatic hydroxyl groups excluding tert-OH is 1. The van der Waals surface area contributed by atoms with Gasteiger partial charge in [-0.3, -0.25) is 4.90 Å². The van der Waals surface area contributed by atoms with Gasteiger partial charge in [-0.1, -0.05) is 0 Å². The molecule has 1 aliphatic heterocycles. The highest BCUT2D eigenvalue weighted by atomic mass is 16.3. The Labute approximate surface area is 73.8 Å². The Morgan fingerprint density at radius 2 is 2.00 bits per heavy atom. The Bertz CT molecular complexity index is 141. The standard InChI is InChI=1S/C9H18N2O/c12-9(8-1-2-8)7-11-5-3-10-4-6-11/h8-10,12H,1-7H2/t9-/m1/s1. The van der Waals surface area contributed by atoms with E-state index in [0.717, 1.165) is 32.7 Å². The van der Waals surface area contributed by atoms with Crippen molar-refractivity contribution in [3.05, 3.63) is 0 Å². The minimum atomic E-state index is -0.0527. The number of nitrogens with one attached hydrogen (secondary N) is 1. The second-order valence-corrected chi connectivity index (χ2v) is 3.96. The second kappa shape index (κ2) is 3.73. The molecular weight excluding hydrogens is 152 g/mol. The van der Waals surface area contributed by atoms with E-state index in [-0.39, 0.29) is 6.10 Å². The maximum atomic E-state index is 9.68. The molecule has 3 heteroatoms. The van der Waals surface area contributed by atoms with Gasteiger partial charge in [-0.05, 0) is 18.8 Å². The van der Waals surface area contributed by atoms with Crippen LogP contribution >= 0.6 is 0 Å². The van der Waals surface area contributed by atoms with Crippen molar-refractivity contribution in [1.29, 1.82) is 0 Å². The smallest absolute Gasteiger partial charge is 0.0695 e. The van der Waals surface area contributed by atoms with Crippen LogP contribution in [0.25, 0.3) is 0 Å². The lowest BCUT2D eigenvalue weighted by atomic mass is 10.2. The van der Waals surface area contributed by atoms with E-state index in [9.17, 15) is 5.11 Å². The fourth-order valence-electron chi connectivity index (χ4n) is 1.79. The quantitative estimate of drug-likeness (QED) is 0.608. The van der Waals surface area contributed by atoms with E-state index in [1.807, 2.05) is 0 Å². The number of hydrogen-bond donors (Lipinski definition) is 2. The molecule has 3 nitrogen and oxygen atoms in total. The summed E-state index contributed by atoms with van der Waals surface area (Å²) in [6.07, 6.45) is 2.43. The molecule has 70 valence electrons. The van der Waals surface area contributed by atoms with E-state index in [1.165, 1.54) is 12.8 Å². The van der Waals surface area contributed by atoms with Gasteiger partial charge in [-0.2, -0.15) is 0 Å². The summed E-state index contributed by atoms with van der Waals surface area (Å²) in [5.41, 5.74) is 0. The lowest BCUT2D eigenvalue weighted by Gasteiger charge is -2.29. The predicted molar refractivity (Wildman–Crippen MR) is 48.0 cm³/mol. The highest BCUT2D eigenvalue weighted by Crippen LogP contribution is 2.32. The van der Waals surface area contributed by atoms with Crippen LogP contribution < -0.4 is 5.32 Å². The highest BCUT2D eigenvalue weighted by molar-refractivity contribution is 4.83. The molecule has 0 radical (unpaired) electrons. The van der Waals surface area contributed by atoms with Gasteiger partial charge in [-0.25, -0.2) is 0 Å². The Morgan fingerprint density at radius 3 is 2.58 bits per heavy atom. The summed E-state index contributed by atoms with van der Waals surface area (Å²) in [7, 11) is 0. The molecule has 1 atom stereocenters. The Balaban J connectivity index is 1.69. The van der Waals surface area contributed by atoms with Gasteiger partial charge in [0.2, 0.25) is 0 Å². The first-order valence-corrected chi connectivity index (χ1v) is 4.97. The average molecular weight is 170 g/mol. The van der Waals surface area contributed by atoms with Gasteiger partial charge in [0.25, 0.3) is 0 Å². The molecular formula is C9H18N2O. The van der Waals surface area contributed by atoms with Crippen molar-refractivity contribution in [2.24, 2.45) is 5.92 Å². The molecule has 0 unspecified atom stereocenters. The van der Waals surface area contributed by atoms with Crippen LogP contribution in [0.15, 0.2) is 0 Å². The van der Waals surface area contributed by atoms with Crippen molar-refractivity contribution in [3.63, 3.8) is 0 Å². The molecule has 1 saturated carbocycles. The maximum Gasteiger partial charge on any atom is 0.0695 e. The largest absolute Gasteiger partial charge is 0.392 e. The zero-order valence-corrected chi connectivity index (χ0v) is 7.50. The van der Waals surface area contributed by atoms with Gasteiger partial charge in [0, 0.05) is 32.7 Å². The summed E-state index contributed by atoms with van der Waals surface area (Å²) in [6, 6.07) is 0. The molecule has 1 heterocycles. The first kappa shape index (κ1) is 8.48. The number of hydrogen-bond acceptors (Lipinski definition) is 3. The van der Waals surface area contributed by atoms with Crippen molar-refractivity contribution >= 4 is 0 Å². The summed E-state index contributed by atoms with van der Waals surface area (Å²) in [6.45, 7) is 5.26. The summed E-state index contributed by atoms with van der Waals surface area (Å²) >= 11 is 0. The van der Waals surface area contributed by atoms with Crippen molar-refractivity contribution in [2.75, 3.05) is 32.7 Å². The van der Waals surface area contributed by atoms with Gasteiger partial charge >= 0.3 is 0 Å². The molecule has 2 fully saturated rings. The van der Waals surface area contributed by atoms with E-state index >= 15 is 0 Å². The summed E-state index contributed by atoms with van der Waals surface area (Å²) < 4.78 is 0. The molecule has 12 heavy (non-hydrogen) atoms. The van der Waals surface area contributed by atoms with Crippen LogP contribution in [0.2, 0.25) is 0 Å². The van der Waals surface area contributed by atoms with Crippen LogP contribution in [0.5, 0.6) is 0 Å². The number of aliphatic hydroxyl groups is 1. The van der Waals surface area contributed by atoms with Crippen molar-refractivity contribution in [2.45, 2.75) is 18.9 Å². The maximum absolute atomic E-state index is 9.68. The van der Waals surface area contributed by atoms with Crippen LogP contribution in [0, 0.1) is 5.92 Å². The van der Waals surface area contributed by atoms with Gasteiger partial charge in [0.05, 0.1) is 6.10 Å². The fraction of sp³-hybridized carbons (Fsp3) is 1.00. The average Bonchev–Trinajstić information content (AvgIpc) is 2.88. The van der Waals surface area contributed by atoms with E-state index < -0.39 is 0 Å². The Kier molecular flexibility index (Phi) is 2.63. The van der Waals surface area contributed by atoms with Crippen LogP contribution in [-0.4, -0.2) is 48.8 Å². The van der Waals surface area contributed by atoms with Gasteiger partial charge in [0.15, 0.2) is 0 Å². The number of rotatable bonds is 3. The van der Waals surface area contributed by atoms with Crippen LogP contribution in [0.1, 0.15) is 12.8 Å². The molecule has 0 aromatic carbocycles. The molecule has 1 aliphatic carbocycles. The SMILES string of the molecule is O[C@H](CN1CCNCC1)C1CC1. The van der Waals surface area contributed by atoms with Crippen molar-refractivity contribution < 1.29 is 5.11 Å². The van der Waals surface area contributed by atoms with E-state index in [4.69, 9.17) is 0 Å². The second-order valence-electron chi connectivity index (χ2n) is 3.96. The number of piperazine rings is 1. The summed E-state index contributed by atoms with van der Waals surface area (Å²) in [4.78, 5) is 2.36.